The second-order valence-electron chi connectivity index (χ2n) is 11.4. The summed E-state index contributed by atoms with van der Waals surface area (Å²) in [5.74, 6) is 0. The van der Waals surface area contributed by atoms with Crippen LogP contribution < -0.4 is 0 Å². The molecule has 3 aromatic heterocycles. The van der Waals surface area contributed by atoms with E-state index in [1.165, 1.54) is 85.9 Å². The van der Waals surface area contributed by atoms with E-state index in [1.807, 2.05) is 11.3 Å². The van der Waals surface area contributed by atoms with Crippen molar-refractivity contribution < 1.29 is 0 Å². The van der Waals surface area contributed by atoms with Gasteiger partial charge in [0, 0.05) is 53.1 Å². The standard InChI is InChI=1S/C40H24N2S/c1-2-10-26-23-27(18-17-25(26)9-1)41-33-14-6-3-12-30(33)39-35(41)20-21-36-40(39)31-13-4-7-15-34(31)42(36)28-19-22-38-32(24-28)29-11-5-8-16-37(29)43-38/h1-24H. The summed E-state index contributed by atoms with van der Waals surface area (Å²) in [4.78, 5) is 0. The highest BCUT2D eigenvalue weighted by atomic mass is 32.1. The molecule has 0 unspecified atom stereocenters. The van der Waals surface area contributed by atoms with Crippen molar-refractivity contribution in [1.82, 2.24) is 9.13 Å². The van der Waals surface area contributed by atoms with Gasteiger partial charge in [0.25, 0.3) is 0 Å². The van der Waals surface area contributed by atoms with E-state index in [9.17, 15) is 0 Å². The number of rotatable bonds is 2. The zero-order valence-electron chi connectivity index (χ0n) is 23.2. The number of nitrogens with zero attached hydrogens (tertiary/aromatic N) is 2. The van der Waals surface area contributed by atoms with Crippen LogP contribution in [-0.2, 0) is 0 Å². The first-order chi connectivity index (χ1) is 21.3. The monoisotopic (exact) mass is 564 g/mol. The first kappa shape index (κ1) is 23.2. The Labute approximate surface area is 251 Å². The molecule has 0 radical (unpaired) electrons. The Balaban J connectivity index is 1.33. The van der Waals surface area contributed by atoms with Gasteiger partial charge in [0.05, 0.1) is 22.1 Å². The number of hydrogen-bond acceptors (Lipinski definition) is 1. The van der Waals surface area contributed by atoms with Crippen LogP contribution in [0.25, 0.3) is 85.9 Å². The van der Waals surface area contributed by atoms with E-state index in [4.69, 9.17) is 0 Å². The summed E-state index contributed by atoms with van der Waals surface area (Å²) < 4.78 is 7.55. The second-order valence-corrected chi connectivity index (χ2v) is 12.5. The molecule has 0 spiro atoms. The molecule has 2 nitrogen and oxygen atoms in total. The van der Waals surface area contributed by atoms with Crippen LogP contribution in [0.4, 0.5) is 0 Å². The average molecular weight is 565 g/mol. The van der Waals surface area contributed by atoms with Crippen molar-refractivity contribution in [2.45, 2.75) is 0 Å². The molecular weight excluding hydrogens is 541 g/mol. The fourth-order valence-corrected chi connectivity index (χ4v) is 8.33. The first-order valence-electron chi connectivity index (χ1n) is 14.7. The molecule has 7 aromatic carbocycles. The first-order valence-corrected chi connectivity index (χ1v) is 15.5. The van der Waals surface area contributed by atoms with Gasteiger partial charge in [-0.1, -0.05) is 84.9 Å². The Morgan fingerprint density at radius 2 is 0.884 bits per heavy atom. The Kier molecular flexibility index (Phi) is 4.63. The topological polar surface area (TPSA) is 9.86 Å². The Bertz CT molecular complexity index is 2740. The number of thiophene rings is 1. The van der Waals surface area contributed by atoms with Gasteiger partial charge in [-0.3, -0.25) is 0 Å². The molecular formula is C40H24N2S. The van der Waals surface area contributed by atoms with Crippen LogP contribution in [0.1, 0.15) is 0 Å². The minimum atomic E-state index is 1.18. The van der Waals surface area contributed by atoms with Crippen molar-refractivity contribution in [3.8, 4) is 11.4 Å². The molecule has 43 heavy (non-hydrogen) atoms. The van der Waals surface area contributed by atoms with Crippen molar-refractivity contribution in [1.29, 1.82) is 0 Å². The fourth-order valence-electron chi connectivity index (χ4n) is 7.24. The number of para-hydroxylation sites is 2. The molecule has 200 valence electrons. The lowest BCUT2D eigenvalue weighted by molar-refractivity contribution is 1.18. The predicted octanol–water partition coefficient (Wildman–Crippen LogP) is 11.4. The SMILES string of the molecule is c1ccc2cc(-n3c4ccccc4c4c5c6ccccc6n(-c6ccc7sc8ccccc8c7c6)c5ccc43)ccc2c1. The van der Waals surface area contributed by atoms with Crippen molar-refractivity contribution in [3.63, 3.8) is 0 Å². The number of aromatic nitrogens is 2. The van der Waals surface area contributed by atoms with Crippen LogP contribution in [-0.4, -0.2) is 9.13 Å². The van der Waals surface area contributed by atoms with Crippen LogP contribution in [0.2, 0.25) is 0 Å². The molecule has 0 aliphatic heterocycles. The summed E-state index contributed by atoms with van der Waals surface area (Å²) in [5.41, 5.74) is 7.29. The summed E-state index contributed by atoms with van der Waals surface area (Å²) in [5, 5.41) is 10.3. The quantitative estimate of drug-likeness (QED) is 0.198. The van der Waals surface area contributed by atoms with E-state index < -0.39 is 0 Å². The van der Waals surface area contributed by atoms with Crippen molar-refractivity contribution in [2.75, 3.05) is 0 Å². The van der Waals surface area contributed by atoms with E-state index >= 15 is 0 Å². The maximum atomic E-state index is 2.46. The minimum Gasteiger partial charge on any atom is -0.309 e. The average Bonchev–Trinajstić information content (AvgIpc) is 3.71. The molecule has 0 saturated heterocycles. The maximum Gasteiger partial charge on any atom is 0.0548 e. The van der Waals surface area contributed by atoms with E-state index in [-0.39, 0.29) is 0 Å². The smallest absolute Gasteiger partial charge is 0.0548 e. The molecule has 0 atom stereocenters. The van der Waals surface area contributed by atoms with Gasteiger partial charge in [-0.05, 0) is 71.4 Å². The molecule has 10 rings (SSSR count). The van der Waals surface area contributed by atoms with Gasteiger partial charge in [-0.15, -0.1) is 11.3 Å². The number of hydrogen-bond donors (Lipinski definition) is 0. The molecule has 0 fully saturated rings. The summed E-state index contributed by atoms with van der Waals surface area (Å²) in [7, 11) is 0. The van der Waals surface area contributed by atoms with Crippen LogP contribution in [0.3, 0.4) is 0 Å². The van der Waals surface area contributed by atoms with Crippen LogP contribution in [0, 0.1) is 0 Å². The van der Waals surface area contributed by atoms with Gasteiger partial charge >= 0.3 is 0 Å². The van der Waals surface area contributed by atoms with Gasteiger partial charge in [-0.25, -0.2) is 0 Å². The van der Waals surface area contributed by atoms with Gasteiger partial charge < -0.3 is 9.13 Å². The second kappa shape index (κ2) is 8.57. The number of fused-ring (bicyclic) bond motifs is 11. The van der Waals surface area contributed by atoms with E-state index in [1.54, 1.807) is 0 Å². The Hall–Kier alpha value is -5.38. The van der Waals surface area contributed by atoms with Crippen LogP contribution in [0.5, 0.6) is 0 Å². The molecule has 0 aliphatic carbocycles. The summed E-state index contributed by atoms with van der Waals surface area (Å²) in [6.07, 6.45) is 0. The van der Waals surface area contributed by atoms with Gasteiger partial charge in [-0.2, -0.15) is 0 Å². The zero-order valence-corrected chi connectivity index (χ0v) is 24.0. The van der Waals surface area contributed by atoms with Crippen molar-refractivity contribution in [3.05, 3.63) is 146 Å². The normalized spacial score (nSPS) is 12.2. The highest BCUT2D eigenvalue weighted by Crippen LogP contribution is 2.43. The molecule has 0 aliphatic rings. The van der Waals surface area contributed by atoms with E-state index in [2.05, 4.69) is 155 Å². The third-order valence-corrected chi connectivity index (χ3v) is 10.2. The van der Waals surface area contributed by atoms with E-state index in [0.717, 1.165) is 0 Å². The molecule has 3 heterocycles. The highest BCUT2D eigenvalue weighted by molar-refractivity contribution is 7.25. The summed E-state index contributed by atoms with van der Waals surface area (Å²) >= 11 is 1.87. The molecule has 0 saturated carbocycles. The molecule has 10 aromatic rings. The van der Waals surface area contributed by atoms with Gasteiger partial charge in [0.1, 0.15) is 0 Å². The lowest BCUT2D eigenvalue weighted by atomic mass is 10.1. The van der Waals surface area contributed by atoms with Crippen molar-refractivity contribution >= 4 is 85.9 Å². The Morgan fingerprint density at radius 3 is 1.60 bits per heavy atom. The van der Waals surface area contributed by atoms with E-state index in [0.29, 0.717) is 0 Å². The fraction of sp³-hybridized carbons (Fsp3) is 0. The van der Waals surface area contributed by atoms with Gasteiger partial charge in [0.15, 0.2) is 0 Å². The zero-order chi connectivity index (χ0) is 28.1. The maximum absolute atomic E-state index is 2.46. The Morgan fingerprint density at radius 1 is 0.349 bits per heavy atom. The molecule has 0 amide bonds. The number of benzene rings is 7. The third kappa shape index (κ3) is 3.17. The highest BCUT2D eigenvalue weighted by Gasteiger charge is 2.20. The lowest BCUT2D eigenvalue weighted by Gasteiger charge is -2.10. The summed E-state index contributed by atoms with van der Waals surface area (Å²) in [6.45, 7) is 0. The molecule has 3 heteroatoms. The van der Waals surface area contributed by atoms with Crippen LogP contribution in [0.15, 0.2) is 146 Å². The summed E-state index contributed by atoms with van der Waals surface area (Å²) in [6, 6.07) is 53.5. The largest absolute Gasteiger partial charge is 0.309 e. The minimum absolute atomic E-state index is 1.18. The van der Waals surface area contributed by atoms with Crippen LogP contribution >= 0.6 is 11.3 Å². The van der Waals surface area contributed by atoms with Gasteiger partial charge in [0.2, 0.25) is 0 Å². The van der Waals surface area contributed by atoms with Crippen molar-refractivity contribution in [2.24, 2.45) is 0 Å². The predicted molar refractivity (Wildman–Crippen MR) is 186 cm³/mol. The molecule has 0 N–H and O–H groups in total. The lowest BCUT2D eigenvalue weighted by Crippen LogP contribution is -1.95. The third-order valence-electron chi connectivity index (χ3n) is 9.08. The molecule has 0 bridgehead atoms.